The van der Waals surface area contributed by atoms with Crippen LogP contribution in [0, 0.1) is 0 Å². The zero-order valence-corrected chi connectivity index (χ0v) is 19.9. The molecule has 1 saturated heterocycles. The number of carbonyl (C=O) groups excluding carboxylic acids is 4. The van der Waals surface area contributed by atoms with Crippen molar-refractivity contribution >= 4 is 46.5 Å². The number of hydrogen-bond acceptors (Lipinski definition) is 11. The van der Waals surface area contributed by atoms with Crippen molar-refractivity contribution in [1.82, 2.24) is 4.98 Å². The number of pyridine rings is 1. The van der Waals surface area contributed by atoms with Gasteiger partial charge in [-0.25, -0.2) is 0 Å². The van der Waals surface area contributed by atoms with Crippen LogP contribution in [0.1, 0.15) is 27.7 Å². The maximum absolute atomic E-state index is 12.0. The lowest BCUT2D eigenvalue weighted by atomic mass is 9.99. The van der Waals surface area contributed by atoms with Crippen LogP contribution in [0.15, 0.2) is 41.4 Å². The second kappa shape index (κ2) is 11.3. The number of para-hydroxylation sites is 1. The fourth-order valence-electron chi connectivity index (χ4n) is 3.58. The Morgan fingerprint density at radius 3 is 2.12 bits per heavy atom. The molecule has 0 N–H and O–H groups in total. The Hall–Kier alpha value is -3.18. The zero-order chi connectivity index (χ0) is 24.8. The molecule has 2 aromatic rings. The number of nitrogens with zero attached hydrogens (tertiary/aromatic N) is 1. The summed E-state index contributed by atoms with van der Waals surface area (Å²) in [5, 5.41) is 0.887. The van der Waals surface area contributed by atoms with Crippen LogP contribution in [0.4, 0.5) is 0 Å². The van der Waals surface area contributed by atoms with Gasteiger partial charge >= 0.3 is 23.9 Å². The normalized spacial score (nSPS) is 24.2. The van der Waals surface area contributed by atoms with Crippen molar-refractivity contribution in [2.45, 2.75) is 62.4 Å². The topological polar surface area (TPSA) is 127 Å². The third kappa shape index (κ3) is 6.45. The number of benzene rings is 1. The summed E-state index contributed by atoms with van der Waals surface area (Å²) in [6, 6.07) is 9.29. The molecule has 0 unspecified atom stereocenters. The average molecular weight is 492 g/mol. The van der Waals surface area contributed by atoms with E-state index in [0.29, 0.717) is 5.52 Å². The van der Waals surface area contributed by atoms with E-state index in [9.17, 15) is 19.2 Å². The number of ether oxygens (including phenoxy) is 5. The number of aromatic nitrogens is 1. The molecular weight excluding hydrogens is 466 g/mol. The van der Waals surface area contributed by atoms with Crippen molar-refractivity contribution in [2.75, 3.05) is 6.61 Å². The van der Waals surface area contributed by atoms with Gasteiger partial charge in [-0.2, -0.15) is 0 Å². The molecule has 10 nitrogen and oxygen atoms in total. The van der Waals surface area contributed by atoms with Gasteiger partial charge in [-0.15, -0.1) is 0 Å². The summed E-state index contributed by atoms with van der Waals surface area (Å²) in [7, 11) is 0. The van der Waals surface area contributed by atoms with Crippen molar-refractivity contribution in [3.63, 3.8) is 0 Å². The molecule has 5 atom stereocenters. The van der Waals surface area contributed by atoms with E-state index in [1.165, 1.54) is 39.5 Å². The fraction of sp³-hybridized carbons (Fsp3) is 0.435. The highest BCUT2D eigenvalue weighted by Crippen LogP contribution is 2.39. The van der Waals surface area contributed by atoms with E-state index in [-0.39, 0.29) is 6.61 Å². The Bertz CT molecular complexity index is 1070. The highest BCUT2D eigenvalue weighted by molar-refractivity contribution is 8.00. The van der Waals surface area contributed by atoms with E-state index < -0.39 is 53.7 Å². The molecule has 3 rings (SSSR count). The second-order valence-corrected chi connectivity index (χ2v) is 8.66. The SMILES string of the molecule is CC(=O)OC[C@@H]1O[C@H](Sc2cccc3cccnc23)[C@H](OC(C)=O)[C@H](OC(C)=O)[C@H]1OC(C)=O. The van der Waals surface area contributed by atoms with Crippen molar-refractivity contribution < 1.29 is 42.9 Å². The van der Waals surface area contributed by atoms with Crippen molar-refractivity contribution in [2.24, 2.45) is 0 Å². The smallest absolute Gasteiger partial charge is 0.303 e. The summed E-state index contributed by atoms with van der Waals surface area (Å²) < 4.78 is 27.6. The molecule has 0 aliphatic carbocycles. The summed E-state index contributed by atoms with van der Waals surface area (Å²) in [6.45, 7) is 4.52. The van der Waals surface area contributed by atoms with E-state index >= 15 is 0 Å². The van der Waals surface area contributed by atoms with Gasteiger partial charge in [-0.3, -0.25) is 24.2 Å². The lowest BCUT2D eigenvalue weighted by Crippen LogP contribution is -2.61. The summed E-state index contributed by atoms with van der Waals surface area (Å²) in [6.07, 6.45) is -2.88. The molecule has 0 bridgehead atoms. The van der Waals surface area contributed by atoms with Crippen LogP contribution >= 0.6 is 11.8 Å². The number of rotatable bonds is 7. The Balaban J connectivity index is 2.03. The fourth-order valence-corrected chi connectivity index (χ4v) is 4.81. The third-order valence-electron chi connectivity index (χ3n) is 4.79. The average Bonchev–Trinajstić information content (AvgIpc) is 2.75. The van der Waals surface area contributed by atoms with Gasteiger partial charge in [0.25, 0.3) is 0 Å². The van der Waals surface area contributed by atoms with Gasteiger partial charge in [-0.05, 0) is 12.1 Å². The van der Waals surface area contributed by atoms with Gasteiger partial charge in [0, 0.05) is 44.2 Å². The van der Waals surface area contributed by atoms with Gasteiger partial charge in [0.05, 0.1) is 5.52 Å². The van der Waals surface area contributed by atoms with Crippen LogP contribution in [0.3, 0.4) is 0 Å². The minimum Gasteiger partial charge on any atom is -0.463 e. The molecule has 1 aliphatic heterocycles. The van der Waals surface area contributed by atoms with Crippen molar-refractivity contribution in [3.05, 3.63) is 36.5 Å². The van der Waals surface area contributed by atoms with E-state index in [1.54, 1.807) is 6.20 Å². The maximum atomic E-state index is 12.0. The first-order valence-corrected chi connectivity index (χ1v) is 11.3. The second-order valence-electron chi connectivity index (χ2n) is 7.52. The summed E-state index contributed by atoms with van der Waals surface area (Å²) in [5.41, 5.74) is -0.212. The van der Waals surface area contributed by atoms with Crippen molar-refractivity contribution in [1.29, 1.82) is 0 Å². The first-order valence-electron chi connectivity index (χ1n) is 10.5. The minimum absolute atomic E-state index is 0.275. The summed E-state index contributed by atoms with van der Waals surface area (Å²) >= 11 is 1.20. The molecule has 1 aromatic heterocycles. The molecule has 0 spiro atoms. The predicted octanol–water partition coefficient (Wildman–Crippen LogP) is 2.41. The highest BCUT2D eigenvalue weighted by atomic mass is 32.2. The predicted molar refractivity (Wildman–Crippen MR) is 120 cm³/mol. The number of esters is 4. The Labute approximate surface area is 200 Å². The lowest BCUT2D eigenvalue weighted by Gasteiger charge is -2.44. The largest absolute Gasteiger partial charge is 0.463 e. The summed E-state index contributed by atoms with van der Waals surface area (Å²) in [4.78, 5) is 52.3. The monoisotopic (exact) mass is 491 g/mol. The first kappa shape index (κ1) is 25.4. The van der Waals surface area contributed by atoms with Crippen LogP contribution in [-0.4, -0.2) is 65.3 Å². The molecule has 0 radical (unpaired) electrons. The molecular formula is C23H25NO9S. The molecule has 0 saturated carbocycles. The Kier molecular flexibility index (Phi) is 8.46. The zero-order valence-electron chi connectivity index (χ0n) is 19.1. The number of carbonyl (C=O) groups is 4. The molecule has 0 amide bonds. The lowest BCUT2D eigenvalue weighted by molar-refractivity contribution is -0.237. The number of hydrogen-bond donors (Lipinski definition) is 0. The molecule has 1 aliphatic rings. The molecule has 34 heavy (non-hydrogen) atoms. The van der Waals surface area contributed by atoms with E-state index in [0.717, 1.165) is 10.3 Å². The van der Waals surface area contributed by atoms with Crippen molar-refractivity contribution in [3.8, 4) is 0 Å². The molecule has 2 heterocycles. The molecule has 1 aromatic carbocycles. The number of fused-ring (bicyclic) bond motifs is 1. The van der Waals surface area contributed by atoms with Gasteiger partial charge in [0.15, 0.2) is 18.3 Å². The van der Waals surface area contributed by atoms with Gasteiger partial charge < -0.3 is 23.7 Å². The number of thioether (sulfide) groups is 1. The maximum Gasteiger partial charge on any atom is 0.303 e. The van der Waals surface area contributed by atoms with Gasteiger partial charge in [-0.1, -0.05) is 30.0 Å². The quantitative estimate of drug-likeness (QED) is 0.418. The minimum atomic E-state index is -1.21. The van der Waals surface area contributed by atoms with Gasteiger partial charge in [0.1, 0.15) is 18.1 Å². The van der Waals surface area contributed by atoms with E-state index in [2.05, 4.69) is 4.98 Å². The van der Waals surface area contributed by atoms with Crippen LogP contribution in [0.25, 0.3) is 10.9 Å². The van der Waals surface area contributed by atoms with Crippen LogP contribution < -0.4 is 0 Å². The standard InChI is InChI=1S/C23H25NO9S/c1-12(25)29-11-17-20(30-13(2)26)21(31-14(3)27)22(32-15(4)28)23(33-17)34-18-9-5-7-16-8-6-10-24-19(16)18/h5-10,17,20-23H,11H2,1-4H3/t17-,20-,21+,22+,23+/m0/s1. The summed E-state index contributed by atoms with van der Waals surface area (Å²) in [5.74, 6) is -2.57. The third-order valence-corrected chi connectivity index (χ3v) is 5.98. The van der Waals surface area contributed by atoms with Crippen LogP contribution in [0.5, 0.6) is 0 Å². The van der Waals surface area contributed by atoms with Gasteiger partial charge in [0.2, 0.25) is 0 Å². The molecule has 1 fully saturated rings. The first-order chi connectivity index (χ1) is 16.2. The Morgan fingerprint density at radius 1 is 0.853 bits per heavy atom. The van der Waals surface area contributed by atoms with E-state index in [1.807, 2.05) is 30.3 Å². The van der Waals surface area contributed by atoms with Crippen LogP contribution in [0.2, 0.25) is 0 Å². The van der Waals surface area contributed by atoms with Crippen LogP contribution in [-0.2, 0) is 42.9 Å². The molecule has 182 valence electrons. The molecule has 11 heteroatoms. The highest BCUT2D eigenvalue weighted by Gasteiger charge is 2.52. The van der Waals surface area contributed by atoms with E-state index in [4.69, 9.17) is 23.7 Å². The Morgan fingerprint density at radius 2 is 1.47 bits per heavy atom.